The van der Waals surface area contributed by atoms with Gasteiger partial charge in [0.25, 0.3) is 0 Å². The lowest BCUT2D eigenvalue weighted by Gasteiger charge is -2.36. The van der Waals surface area contributed by atoms with Crippen LogP contribution in [0.1, 0.15) is 59.8 Å². The molecule has 3 heteroatoms. The Morgan fingerprint density at radius 3 is 2.34 bits per heavy atom. The third-order valence-corrected chi connectivity index (χ3v) is 7.48. The van der Waals surface area contributed by atoms with Crippen LogP contribution in [0.25, 0.3) is 0 Å². The van der Waals surface area contributed by atoms with E-state index in [2.05, 4.69) is 65.6 Å². The molecule has 2 aliphatic rings. The molecule has 0 spiro atoms. The van der Waals surface area contributed by atoms with Crippen molar-refractivity contribution in [3.8, 4) is 5.75 Å². The van der Waals surface area contributed by atoms with E-state index in [1.54, 1.807) is 0 Å². The molecule has 0 bridgehead atoms. The van der Waals surface area contributed by atoms with Crippen LogP contribution in [0.15, 0.2) is 72.8 Å². The molecule has 0 aromatic heterocycles. The number of anilines is 1. The molecule has 1 aliphatic heterocycles. The van der Waals surface area contributed by atoms with Crippen LogP contribution in [0.4, 0.5) is 5.69 Å². The minimum Gasteiger partial charge on any atom is -0.508 e. The highest BCUT2D eigenvalue weighted by molar-refractivity contribution is 5.53. The predicted octanol–water partition coefficient (Wildman–Crippen LogP) is 6.06. The highest BCUT2D eigenvalue weighted by Crippen LogP contribution is 2.47. The third-order valence-electron chi connectivity index (χ3n) is 7.48. The summed E-state index contributed by atoms with van der Waals surface area (Å²) in [5.41, 5.74) is 6.60. The maximum Gasteiger partial charge on any atom is 0.120 e. The van der Waals surface area contributed by atoms with Crippen LogP contribution in [-0.2, 0) is 11.2 Å². The number of benzene rings is 3. The molecule has 3 aromatic rings. The first-order valence-corrected chi connectivity index (χ1v) is 11.9. The Morgan fingerprint density at radius 2 is 1.62 bits per heavy atom. The minimum atomic E-state index is 0.286. The Morgan fingerprint density at radius 1 is 0.875 bits per heavy atom. The van der Waals surface area contributed by atoms with Gasteiger partial charge in [-0.15, -0.1) is 0 Å². The van der Waals surface area contributed by atoms with E-state index < -0.39 is 0 Å². The maximum atomic E-state index is 10.8. The SMILES string of the molecule is O=CCC1CCN(c2ccc([C@@H]3c4ccc(O)cc4CC[C@@H]3c3ccccc3)cc2)CC1. The van der Waals surface area contributed by atoms with E-state index in [4.69, 9.17) is 0 Å². The van der Waals surface area contributed by atoms with Gasteiger partial charge in [0.1, 0.15) is 12.0 Å². The number of carbonyl (C=O) groups is 1. The van der Waals surface area contributed by atoms with Crippen molar-refractivity contribution in [1.82, 2.24) is 0 Å². The lowest BCUT2D eigenvalue weighted by Crippen LogP contribution is -2.33. The van der Waals surface area contributed by atoms with Gasteiger partial charge < -0.3 is 14.8 Å². The van der Waals surface area contributed by atoms with E-state index in [1.807, 2.05) is 12.1 Å². The zero-order valence-electron chi connectivity index (χ0n) is 18.5. The monoisotopic (exact) mass is 425 g/mol. The highest BCUT2D eigenvalue weighted by atomic mass is 16.3. The van der Waals surface area contributed by atoms with Gasteiger partial charge in [-0.3, -0.25) is 0 Å². The number of phenolic OH excluding ortho intramolecular Hbond substituents is 1. The molecule has 3 nitrogen and oxygen atoms in total. The van der Waals surface area contributed by atoms with E-state index in [0.717, 1.165) is 45.1 Å². The zero-order chi connectivity index (χ0) is 21.9. The molecule has 5 rings (SSSR count). The fourth-order valence-corrected chi connectivity index (χ4v) is 5.73. The van der Waals surface area contributed by atoms with Crippen LogP contribution in [0.2, 0.25) is 0 Å². The predicted molar refractivity (Wildman–Crippen MR) is 130 cm³/mol. The smallest absolute Gasteiger partial charge is 0.120 e. The summed E-state index contributed by atoms with van der Waals surface area (Å²) in [6.07, 6.45) is 6.03. The molecule has 32 heavy (non-hydrogen) atoms. The first-order valence-electron chi connectivity index (χ1n) is 11.9. The maximum absolute atomic E-state index is 10.8. The molecule has 0 saturated carbocycles. The number of rotatable bonds is 5. The Labute approximate surface area is 190 Å². The van der Waals surface area contributed by atoms with Gasteiger partial charge >= 0.3 is 0 Å². The number of nitrogens with zero attached hydrogens (tertiary/aromatic N) is 1. The number of aryl methyl sites for hydroxylation is 1. The number of aldehydes is 1. The topological polar surface area (TPSA) is 40.5 Å². The number of hydrogen-bond donors (Lipinski definition) is 1. The summed E-state index contributed by atoms with van der Waals surface area (Å²) < 4.78 is 0. The average molecular weight is 426 g/mol. The van der Waals surface area contributed by atoms with Crippen LogP contribution >= 0.6 is 0 Å². The third kappa shape index (κ3) is 4.17. The van der Waals surface area contributed by atoms with Gasteiger partial charge in [-0.2, -0.15) is 0 Å². The zero-order valence-corrected chi connectivity index (χ0v) is 18.5. The largest absolute Gasteiger partial charge is 0.508 e. The number of carbonyl (C=O) groups excluding carboxylic acids is 1. The second kappa shape index (κ2) is 9.20. The average Bonchev–Trinajstić information content (AvgIpc) is 2.84. The van der Waals surface area contributed by atoms with E-state index >= 15 is 0 Å². The summed E-state index contributed by atoms with van der Waals surface area (Å²) in [6.45, 7) is 2.05. The van der Waals surface area contributed by atoms with E-state index in [-0.39, 0.29) is 5.92 Å². The van der Waals surface area contributed by atoms with Gasteiger partial charge in [-0.25, -0.2) is 0 Å². The summed E-state index contributed by atoms with van der Waals surface area (Å²) in [7, 11) is 0. The van der Waals surface area contributed by atoms with Crippen LogP contribution in [0, 0.1) is 5.92 Å². The van der Waals surface area contributed by atoms with Crippen molar-refractivity contribution in [2.45, 2.75) is 43.9 Å². The first kappa shape index (κ1) is 20.8. The quantitative estimate of drug-likeness (QED) is 0.505. The van der Waals surface area contributed by atoms with Crippen molar-refractivity contribution in [1.29, 1.82) is 0 Å². The van der Waals surface area contributed by atoms with Gasteiger partial charge in [-0.05, 0) is 84.0 Å². The molecule has 0 amide bonds. The number of aromatic hydroxyl groups is 1. The Kier molecular flexibility index (Phi) is 5.98. The molecule has 164 valence electrons. The molecule has 3 aromatic carbocycles. The van der Waals surface area contributed by atoms with Crippen LogP contribution in [-0.4, -0.2) is 24.5 Å². The highest BCUT2D eigenvalue weighted by Gasteiger charge is 2.32. The summed E-state index contributed by atoms with van der Waals surface area (Å²) in [5.74, 6) is 1.62. The summed E-state index contributed by atoms with van der Waals surface area (Å²) in [6, 6.07) is 25.9. The molecule has 1 fully saturated rings. The second-order valence-corrected chi connectivity index (χ2v) is 9.34. The van der Waals surface area contributed by atoms with Crippen LogP contribution in [0.3, 0.4) is 0 Å². The van der Waals surface area contributed by atoms with Crippen molar-refractivity contribution < 1.29 is 9.90 Å². The summed E-state index contributed by atoms with van der Waals surface area (Å²) in [4.78, 5) is 13.3. The summed E-state index contributed by atoms with van der Waals surface area (Å²) >= 11 is 0. The van der Waals surface area contributed by atoms with Crippen LogP contribution in [0.5, 0.6) is 5.75 Å². The Hall–Kier alpha value is -3.07. The van der Waals surface area contributed by atoms with Crippen molar-refractivity contribution in [3.63, 3.8) is 0 Å². The van der Waals surface area contributed by atoms with Crippen molar-refractivity contribution in [2.24, 2.45) is 5.92 Å². The number of piperidine rings is 1. The van der Waals surface area contributed by atoms with E-state index in [0.29, 0.717) is 24.0 Å². The molecular weight excluding hydrogens is 394 g/mol. The van der Waals surface area contributed by atoms with Crippen molar-refractivity contribution >= 4 is 12.0 Å². The van der Waals surface area contributed by atoms with Gasteiger partial charge in [0.05, 0.1) is 0 Å². The van der Waals surface area contributed by atoms with Gasteiger partial charge in [0.15, 0.2) is 0 Å². The van der Waals surface area contributed by atoms with Gasteiger partial charge in [0, 0.05) is 31.1 Å². The van der Waals surface area contributed by atoms with E-state index in [9.17, 15) is 9.90 Å². The number of phenols is 1. The lowest BCUT2D eigenvalue weighted by molar-refractivity contribution is -0.108. The molecule has 0 radical (unpaired) electrons. The molecule has 1 heterocycles. The molecular formula is C29H31NO2. The fourth-order valence-electron chi connectivity index (χ4n) is 5.73. The van der Waals surface area contributed by atoms with Crippen molar-refractivity contribution in [3.05, 3.63) is 95.1 Å². The molecule has 2 atom stereocenters. The Bertz CT molecular complexity index is 1050. The molecule has 1 aliphatic carbocycles. The van der Waals surface area contributed by atoms with Crippen molar-refractivity contribution in [2.75, 3.05) is 18.0 Å². The molecule has 0 unspecified atom stereocenters. The standard InChI is InChI=1S/C29H31NO2/c31-19-16-21-14-17-30(18-15-21)25-9-6-23(7-10-25)29-27(22-4-2-1-3-5-22)12-8-24-20-26(32)11-13-28(24)29/h1-7,9-11,13,19-21,27,29,32H,8,12,14-18H2/t27-,29+/m1/s1. The first-order chi connectivity index (χ1) is 15.7. The summed E-state index contributed by atoms with van der Waals surface area (Å²) in [5, 5.41) is 10.0. The second-order valence-electron chi connectivity index (χ2n) is 9.34. The van der Waals surface area contributed by atoms with E-state index in [1.165, 1.54) is 27.9 Å². The van der Waals surface area contributed by atoms with Gasteiger partial charge in [-0.1, -0.05) is 48.5 Å². The fraction of sp³-hybridized carbons (Fsp3) is 0.345. The number of hydrogen-bond acceptors (Lipinski definition) is 3. The minimum absolute atomic E-state index is 0.286. The Balaban J connectivity index is 1.44. The van der Waals surface area contributed by atoms with Crippen LogP contribution < -0.4 is 4.90 Å². The number of fused-ring (bicyclic) bond motifs is 1. The molecule has 1 saturated heterocycles. The molecule has 1 N–H and O–H groups in total. The normalized spacial score (nSPS) is 21.2. The van der Waals surface area contributed by atoms with Gasteiger partial charge in [0.2, 0.25) is 0 Å². The lowest BCUT2D eigenvalue weighted by atomic mass is 9.69.